The summed E-state index contributed by atoms with van der Waals surface area (Å²) in [5, 5.41) is 0. The molecule has 0 aromatic rings. The van der Waals surface area contributed by atoms with E-state index in [-0.39, 0.29) is 0 Å². The molecule has 1 aliphatic heterocycles. The van der Waals surface area contributed by atoms with Crippen molar-refractivity contribution in [1.82, 2.24) is 4.90 Å². The Morgan fingerprint density at radius 3 is 2.54 bits per heavy atom. The Morgan fingerprint density at radius 1 is 1.46 bits per heavy atom. The summed E-state index contributed by atoms with van der Waals surface area (Å²) in [5.41, 5.74) is -0.612. The van der Waals surface area contributed by atoms with Gasteiger partial charge in [0.05, 0.1) is 0 Å². The fourth-order valence-electron chi connectivity index (χ4n) is 2.24. The van der Waals surface area contributed by atoms with Gasteiger partial charge in [-0.1, -0.05) is 0 Å². The highest BCUT2D eigenvalue weighted by Gasteiger charge is 2.52. The second-order valence-corrected chi connectivity index (χ2v) is 4.62. The summed E-state index contributed by atoms with van der Waals surface area (Å²) in [5.74, 6) is 0. The summed E-state index contributed by atoms with van der Waals surface area (Å²) in [4.78, 5) is 2.24. The third-order valence-corrected chi connectivity index (χ3v) is 3.56. The highest BCUT2D eigenvalue weighted by Crippen LogP contribution is 2.51. The first-order chi connectivity index (χ1) is 6.14. The van der Waals surface area contributed by atoms with Crippen LogP contribution in [-0.2, 0) is 0 Å². The molecule has 1 atom stereocenters. The van der Waals surface area contributed by atoms with Gasteiger partial charge in [0.1, 0.15) is 0 Å². The van der Waals surface area contributed by atoms with E-state index < -0.39 is 11.8 Å². The van der Waals surface area contributed by atoms with Crippen LogP contribution in [0.5, 0.6) is 0 Å². The fraction of sp³-hybridized carbons (Fsp3) is 1.00. The fourth-order valence-corrected chi connectivity index (χ4v) is 2.24. The van der Waals surface area contributed by atoms with Crippen molar-refractivity contribution in [3.05, 3.63) is 0 Å². The van der Waals surface area contributed by atoms with Crippen LogP contribution in [0.2, 0.25) is 0 Å². The lowest BCUT2D eigenvalue weighted by molar-refractivity contribution is 0.0350. The van der Waals surface area contributed by atoms with Crippen LogP contribution < -0.4 is 0 Å². The normalized spacial score (nSPS) is 32.8. The summed E-state index contributed by atoms with van der Waals surface area (Å²) in [6.07, 6.45) is 1.71. The Bertz CT molecular complexity index is 189. The van der Waals surface area contributed by atoms with Crippen LogP contribution in [0, 0.1) is 5.41 Å². The zero-order valence-corrected chi connectivity index (χ0v) is 8.10. The molecule has 0 aromatic carbocycles. The van der Waals surface area contributed by atoms with E-state index >= 15 is 0 Å². The topological polar surface area (TPSA) is 3.24 Å². The van der Waals surface area contributed by atoms with E-state index in [1.165, 1.54) is 12.8 Å². The third kappa shape index (κ3) is 1.71. The second kappa shape index (κ2) is 3.19. The second-order valence-electron chi connectivity index (χ2n) is 4.62. The quantitative estimate of drug-likeness (QED) is 0.659. The molecule has 13 heavy (non-hydrogen) atoms. The molecule has 1 nitrogen and oxygen atoms in total. The summed E-state index contributed by atoms with van der Waals surface area (Å²) in [7, 11) is 0. The van der Waals surface area contributed by atoms with Crippen molar-refractivity contribution in [2.75, 3.05) is 13.1 Å². The molecule has 0 radical (unpaired) electrons. The van der Waals surface area contributed by atoms with Gasteiger partial charge in [0, 0.05) is 18.0 Å². The van der Waals surface area contributed by atoms with Crippen molar-refractivity contribution in [3.8, 4) is 0 Å². The van der Waals surface area contributed by atoms with Crippen LogP contribution in [0.3, 0.4) is 0 Å². The van der Waals surface area contributed by atoms with Gasteiger partial charge in [-0.3, -0.25) is 4.90 Å². The number of alkyl halides is 2. The maximum Gasteiger partial charge on any atom is 0.245 e. The van der Waals surface area contributed by atoms with E-state index in [1.807, 2.05) is 0 Å². The lowest BCUT2D eigenvalue weighted by Gasteiger charge is -2.26. The Hall–Kier alpha value is -0.180. The van der Waals surface area contributed by atoms with Crippen LogP contribution in [0.15, 0.2) is 0 Å². The van der Waals surface area contributed by atoms with Crippen molar-refractivity contribution < 1.29 is 8.78 Å². The minimum atomic E-state index is -2.11. The van der Waals surface area contributed by atoms with Crippen LogP contribution in [-0.4, -0.2) is 30.5 Å². The molecule has 1 saturated heterocycles. The van der Waals surface area contributed by atoms with Crippen molar-refractivity contribution in [1.29, 1.82) is 0 Å². The van der Waals surface area contributed by atoms with Gasteiger partial charge in [0.15, 0.2) is 0 Å². The molecule has 2 fully saturated rings. The smallest absolute Gasteiger partial charge is 0.245 e. The zero-order chi connectivity index (χ0) is 9.47. The van der Waals surface area contributed by atoms with E-state index in [0.29, 0.717) is 12.6 Å². The van der Waals surface area contributed by atoms with Crippen molar-refractivity contribution in [3.63, 3.8) is 0 Å². The van der Waals surface area contributed by atoms with Gasteiger partial charge < -0.3 is 0 Å². The molecular weight excluding hydrogens is 172 g/mol. The van der Waals surface area contributed by atoms with E-state index in [1.54, 1.807) is 0 Å². The molecule has 1 heterocycles. The first-order valence-corrected chi connectivity index (χ1v) is 5.16. The molecule has 0 bridgehead atoms. The molecule has 76 valence electrons. The van der Waals surface area contributed by atoms with Crippen LogP contribution in [0.4, 0.5) is 8.78 Å². The third-order valence-electron chi connectivity index (χ3n) is 3.56. The van der Waals surface area contributed by atoms with E-state index in [9.17, 15) is 8.78 Å². The minimum Gasteiger partial charge on any atom is -0.300 e. The molecule has 2 rings (SSSR count). The first-order valence-electron chi connectivity index (χ1n) is 5.16. The molecule has 1 saturated carbocycles. The molecular formula is C10H17F2N. The summed E-state index contributed by atoms with van der Waals surface area (Å²) < 4.78 is 25.3. The van der Waals surface area contributed by atoms with Crippen molar-refractivity contribution in [2.45, 2.75) is 45.1 Å². The van der Waals surface area contributed by atoms with Crippen molar-refractivity contribution >= 4 is 0 Å². The van der Waals surface area contributed by atoms with Crippen molar-refractivity contribution in [2.24, 2.45) is 5.41 Å². The average Bonchev–Trinajstić information content (AvgIpc) is 2.74. The monoisotopic (exact) mass is 189 g/mol. The highest BCUT2D eigenvalue weighted by molar-refractivity contribution is 4.99. The molecule has 0 amide bonds. The first kappa shape index (κ1) is 9.38. The highest BCUT2D eigenvalue weighted by atomic mass is 19.3. The maximum absolute atomic E-state index is 12.6. The summed E-state index contributed by atoms with van der Waals surface area (Å²) in [6, 6.07) is 0.524. The molecule has 2 aliphatic rings. The summed E-state index contributed by atoms with van der Waals surface area (Å²) in [6.45, 7) is 3.80. The van der Waals surface area contributed by atoms with E-state index in [0.717, 1.165) is 19.4 Å². The molecule has 0 N–H and O–H groups in total. The standard InChI is InChI=1S/C10H17F2N/c1-8-3-2-6-13(8)7-10(4-5-10)9(11)12/h8-9H,2-7H2,1H3. The van der Waals surface area contributed by atoms with Gasteiger partial charge in [-0.25, -0.2) is 8.78 Å². The van der Waals surface area contributed by atoms with Gasteiger partial charge in [0.2, 0.25) is 6.43 Å². The number of rotatable bonds is 3. The van der Waals surface area contributed by atoms with Gasteiger partial charge in [-0.05, 0) is 39.2 Å². The lowest BCUT2D eigenvalue weighted by Crippen LogP contribution is -2.35. The van der Waals surface area contributed by atoms with Gasteiger partial charge in [-0.15, -0.1) is 0 Å². The molecule has 0 spiro atoms. The van der Waals surface area contributed by atoms with Gasteiger partial charge in [0.25, 0.3) is 0 Å². The number of nitrogens with zero attached hydrogens (tertiary/aromatic N) is 1. The lowest BCUT2D eigenvalue weighted by atomic mass is 10.1. The molecule has 1 unspecified atom stereocenters. The predicted octanol–water partition coefficient (Wildman–Crippen LogP) is 2.52. The van der Waals surface area contributed by atoms with E-state index in [4.69, 9.17) is 0 Å². The van der Waals surface area contributed by atoms with Crippen LogP contribution in [0.1, 0.15) is 32.6 Å². The van der Waals surface area contributed by atoms with Gasteiger partial charge in [-0.2, -0.15) is 0 Å². The zero-order valence-electron chi connectivity index (χ0n) is 8.10. The SMILES string of the molecule is CC1CCCN1CC1(C(F)F)CC1. The van der Waals surface area contributed by atoms with Crippen LogP contribution in [0.25, 0.3) is 0 Å². The maximum atomic E-state index is 12.6. The minimum absolute atomic E-state index is 0.524. The summed E-state index contributed by atoms with van der Waals surface area (Å²) >= 11 is 0. The Balaban J connectivity index is 1.90. The molecule has 0 aromatic heterocycles. The molecule has 1 aliphatic carbocycles. The Kier molecular flexibility index (Phi) is 2.30. The van der Waals surface area contributed by atoms with Crippen LogP contribution >= 0.6 is 0 Å². The van der Waals surface area contributed by atoms with Gasteiger partial charge >= 0.3 is 0 Å². The van der Waals surface area contributed by atoms with E-state index in [2.05, 4.69) is 11.8 Å². The average molecular weight is 189 g/mol. The Morgan fingerprint density at radius 2 is 2.15 bits per heavy atom. The predicted molar refractivity (Wildman–Crippen MR) is 47.9 cm³/mol. The molecule has 3 heteroatoms. The Labute approximate surface area is 78.1 Å². The number of likely N-dealkylation sites (tertiary alicyclic amines) is 1. The number of hydrogen-bond acceptors (Lipinski definition) is 1. The number of halogens is 2. The number of hydrogen-bond donors (Lipinski definition) is 0. The largest absolute Gasteiger partial charge is 0.300 e.